The van der Waals surface area contributed by atoms with Crippen LogP contribution >= 0.6 is 0 Å². The normalized spacial score (nSPS) is 14.0. The van der Waals surface area contributed by atoms with Gasteiger partial charge in [0.2, 0.25) is 0 Å². The zero-order valence-corrected chi connectivity index (χ0v) is 12.0. The van der Waals surface area contributed by atoms with Gasteiger partial charge in [-0.15, -0.1) is 0 Å². The highest BCUT2D eigenvalue weighted by atomic mass is 19.1. The predicted octanol–water partition coefficient (Wildman–Crippen LogP) is 1.91. The summed E-state index contributed by atoms with van der Waals surface area (Å²) in [5, 5.41) is 4.19. The quantitative estimate of drug-likeness (QED) is 0.793. The van der Waals surface area contributed by atoms with E-state index in [0.717, 1.165) is 11.4 Å². The monoisotopic (exact) mass is 287 g/mol. The SMILES string of the molecule is Cc1cc(F)c2c(c1)C(=O)C(=O)N2Cc1cc(C)nn1C. The van der Waals surface area contributed by atoms with Crippen LogP contribution in [0.3, 0.4) is 0 Å². The topological polar surface area (TPSA) is 55.2 Å². The molecule has 0 radical (unpaired) electrons. The van der Waals surface area contributed by atoms with Crippen molar-refractivity contribution in [1.29, 1.82) is 0 Å². The number of hydrogen-bond acceptors (Lipinski definition) is 3. The maximum atomic E-state index is 14.2. The summed E-state index contributed by atoms with van der Waals surface area (Å²) < 4.78 is 15.8. The summed E-state index contributed by atoms with van der Waals surface area (Å²) in [6.45, 7) is 3.64. The van der Waals surface area contributed by atoms with Crippen LogP contribution in [0.15, 0.2) is 18.2 Å². The van der Waals surface area contributed by atoms with Crippen LogP contribution in [-0.2, 0) is 18.4 Å². The number of carbonyl (C=O) groups excluding carboxylic acids is 2. The van der Waals surface area contributed by atoms with Gasteiger partial charge in [-0.3, -0.25) is 19.2 Å². The van der Waals surface area contributed by atoms with E-state index < -0.39 is 17.5 Å². The number of hydrogen-bond donors (Lipinski definition) is 0. The molecule has 0 saturated carbocycles. The molecule has 2 heterocycles. The minimum atomic E-state index is -0.701. The molecule has 0 saturated heterocycles. The number of anilines is 1. The highest BCUT2D eigenvalue weighted by Crippen LogP contribution is 2.33. The molecule has 3 rings (SSSR count). The number of Topliss-reactive ketones (excluding diaryl/α,β-unsaturated/α-hetero) is 1. The van der Waals surface area contributed by atoms with Crippen LogP contribution in [0.5, 0.6) is 0 Å². The van der Waals surface area contributed by atoms with Crippen molar-refractivity contribution in [3.05, 3.63) is 46.5 Å². The lowest BCUT2D eigenvalue weighted by molar-refractivity contribution is -0.114. The first-order valence-electron chi connectivity index (χ1n) is 6.54. The van der Waals surface area contributed by atoms with Gasteiger partial charge >= 0.3 is 0 Å². The summed E-state index contributed by atoms with van der Waals surface area (Å²) in [7, 11) is 1.75. The molecule has 2 aromatic rings. The Bertz CT molecular complexity index is 779. The van der Waals surface area contributed by atoms with Crippen molar-refractivity contribution in [3.8, 4) is 0 Å². The summed E-state index contributed by atoms with van der Waals surface area (Å²) in [6, 6.07) is 4.68. The van der Waals surface area contributed by atoms with E-state index in [9.17, 15) is 14.0 Å². The van der Waals surface area contributed by atoms with Gasteiger partial charge in [-0.1, -0.05) is 0 Å². The number of ketones is 1. The van der Waals surface area contributed by atoms with Gasteiger partial charge in [-0.25, -0.2) is 4.39 Å². The summed E-state index contributed by atoms with van der Waals surface area (Å²) in [5.41, 5.74) is 2.35. The predicted molar refractivity (Wildman–Crippen MR) is 74.6 cm³/mol. The lowest BCUT2D eigenvalue weighted by Crippen LogP contribution is -2.30. The Morgan fingerprint density at radius 1 is 1.19 bits per heavy atom. The van der Waals surface area contributed by atoms with E-state index in [-0.39, 0.29) is 17.8 Å². The molecule has 1 aromatic carbocycles. The molecular formula is C15H14FN3O2. The third-order valence-electron chi connectivity index (χ3n) is 3.58. The van der Waals surface area contributed by atoms with Crippen LogP contribution in [0.2, 0.25) is 0 Å². The minimum Gasteiger partial charge on any atom is -0.296 e. The van der Waals surface area contributed by atoms with Gasteiger partial charge in [-0.05, 0) is 37.6 Å². The van der Waals surface area contributed by atoms with Crippen molar-refractivity contribution in [2.24, 2.45) is 7.05 Å². The Balaban J connectivity index is 2.07. The Morgan fingerprint density at radius 2 is 1.90 bits per heavy atom. The first-order chi connectivity index (χ1) is 9.88. The van der Waals surface area contributed by atoms with Gasteiger partial charge in [0, 0.05) is 7.05 Å². The number of aromatic nitrogens is 2. The summed E-state index contributed by atoms with van der Waals surface area (Å²) in [5.74, 6) is -1.91. The zero-order valence-electron chi connectivity index (χ0n) is 12.0. The molecule has 108 valence electrons. The van der Waals surface area contributed by atoms with Gasteiger partial charge in [0.15, 0.2) is 0 Å². The highest BCUT2D eigenvalue weighted by Gasteiger charge is 2.38. The van der Waals surface area contributed by atoms with Crippen LogP contribution in [-0.4, -0.2) is 21.5 Å². The maximum Gasteiger partial charge on any atom is 0.299 e. The van der Waals surface area contributed by atoms with Crippen LogP contribution in [0.1, 0.15) is 27.3 Å². The van der Waals surface area contributed by atoms with Gasteiger partial charge in [0.25, 0.3) is 11.7 Å². The van der Waals surface area contributed by atoms with Crippen molar-refractivity contribution in [1.82, 2.24) is 9.78 Å². The number of fused-ring (bicyclic) bond motifs is 1. The Labute approximate surface area is 121 Å². The first kappa shape index (κ1) is 13.5. The van der Waals surface area contributed by atoms with Crippen LogP contribution < -0.4 is 4.90 Å². The fourth-order valence-electron chi connectivity index (χ4n) is 2.65. The molecule has 0 bridgehead atoms. The van der Waals surface area contributed by atoms with Crippen LogP contribution in [0.25, 0.3) is 0 Å². The molecule has 0 N–H and O–H groups in total. The third-order valence-corrected chi connectivity index (χ3v) is 3.58. The molecule has 21 heavy (non-hydrogen) atoms. The summed E-state index contributed by atoms with van der Waals surface area (Å²) in [6.07, 6.45) is 0. The van der Waals surface area contributed by atoms with Crippen molar-refractivity contribution >= 4 is 17.4 Å². The maximum absolute atomic E-state index is 14.2. The fraction of sp³-hybridized carbons (Fsp3) is 0.267. The fourth-order valence-corrected chi connectivity index (χ4v) is 2.65. The molecule has 0 fully saturated rings. The standard InChI is InChI=1S/C15H14FN3O2/c1-8-4-11-13(12(16)5-8)19(15(21)14(11)20)7-10-6-9(2)17-18(10)3/h4-6H,7H2,1-3H3. The first-order valence-corrected chi connectivity index (χ1v) is 6.54. The second-order valence-electron chi connectivity index (χ2n) is 5.26. The molecular weight excluding hydrogens is 273 g/mol. The largest absolute Gasteiger partial charge is 0.299 e. The van der Waals surface area contributed by atoms with Gasteiger partial charge in [0.05, 0.1) is 29.2 Å². The summed E-state index contributed by atoms with van der Waals surface area (Å²) in [4.78, 5) is 25.3. The second-order valence-corrected chi connectivity index (χ2v) is 5.26. The second kappa shape index (κ2) is 4.51. The summed E-state index contributed by atoms with van der Waals surface area (Å²) >= 11 is 0. The van der Waals surface area contributed by atoms with E-state index in [4.69, 9.17) is 0 Å². The molecule has 0 aliphatic carbocycles. The zero-order chi connectivity index (χ0) is 15.3. The van der Waals surface area contributed by atoms with Crippen LogP contribution in [0.4, 0.5) is 10.1 Å². The molecule has 1 aliphatic rings. The molecule has 5 nitrogen and oxygen atoms in total. The van der Waals surface area contributed by atoms with Gasteiger partial charge in [0.1, 0.15) is 5.82 Å². The average Bonchev–Trinajstić information content (AvgIpc) is 2.83. The van der Waals surface area contributed by atoms with E-state index in [1.165, 1.54) is 11.0 Å². The number of nitrogens with zero attached hydrogens (tertiary/aromatic N) is 3. The number of carbonyl (C=O) groups is 2. The van der Waals surface area contributed by atoms with Crippen LogP contribution in [0, 0.1) is 19.7 Å². The lowest BCUT2D eigenvalue weighted by Gasteiger charge is -2.17. The van der Waals surface area contributed by atoms with Gasteiger partial charge in [-0.2, -0.15) is 5.10 Å². The highest BCUT2D eigenvalue weighted by molar-refractivity contribution is 6.52. The van der Waals surface area contributed by atoms with E-state index in [0.29, 0.717) is 5.56 Å². The van der Waals surface area contributed by atoms with E-state index in [1.807, 2.05) is 13.0 Å². The molecule has 1 aliphatic heterocycles. The Hall–Kier alpha value is -2.50. The molecule has 0 spiro atoms. The Kier molecular flexibility index (Phi) is 2.90. The molecule has 1 aromatic heterocycles. The van der Waals surface area contributed by atoms with Crippen molar-refractivity contribution in [3.63, 3.8) is 0 Å². The lowest BCUT2D eigenvalue weighted by atomic mass is 10.1. The number of amides is 1. The third kappa shape index (κ3) is 2.03. The molecule has 0 atom stereocenters. The van der Waals surface area contributed by atoms with Crippen molar-refractivity contribution in [2.75, 3.05) is 4.90 Å². The van der Waals surface area contributed by atoms with E-state index in [2.05, 4.69) is 5.10 Å². The number of rotatable bonds is 2. The number of aryl methyl sites for hydroxylation is 3. The average molecular weight is 287 g/mol. The van der Waals surface area contributed by atoms with E-state index in [1.54, 1.807) is 24.7 Å². The van der Waals surface area contributed by atoms with E-state index >= 15 is 0 Å². The molecule has 1 amide bonds. The van der Waals surface area contributed by atoms with Gasteiger partial charge < -0.3 is 0 Å². The smallest absolute Gasteiger partial charge is 0.296 e. The molecule has 6 heteroatoms. The van der Waals surface area contributed by atoms with Crippen molar-refractivity contribution < 1.29 is 14.0 Å². The number of benzene rings is 1. The Morgan fingerprint density at radius 3 is 2.52 bits per heavy atom. The minimum absolute atomic E-state index is 0.0643. The van der Waals surface area contributed by atoms with Crippen molar-refractivity contribution in [2.45, 2.75) is 20.4 Å². The number of halogens is 1. The molecule has 0 unspecified atom stereocenters.